The first-order valence-corrected chi connectivity index (χ1v) is 20.1. The van der Waals surface area contributed by atoms with E-state index in [-0.39, 0.29) is 37.4 Å². The number of hydrogen-bond donors (Lipinski definition) is 0. The third-order valence-electron chi connectivity index (χ3n) is 11.9. The number of benzene rings is 4. The van der Waals surface area contributed by atoms with Gasteiger partial charge in [0.25, 0.3) is 0 Å². The standard InChI is InChI=1S/C53H52N3.Ir/c1-5-52(6-2,47-27-30-50(55-38-47)45-20-14-10-15-21-45)35-42-32-41(25-24-40-26-29-49(54-37-40)44-18-12-9-13-19-44)33-43(34-42)36-53(7-3,8-4)48-28-31-51(56-39-48)46-22-16-11-17-23-46;/h9-18,20,22,26-34,37-39H,5-8,24-25,35-36H2,1-4H3;/q-3;+3/i24D2;. The molecular formula is C53H52IrN3. The number of nitrogens with zero attached hydrogens (tertiary/aromatic N) is 3. The Morgan fingerprint density at radius 3 is 1.21 bits per heavy atom. The average molecular weight is 925 g/mol. The zero-order valence-corrected chi connectivity index (χ0v) is 35.9. The van der Waals surface area contributed by atoms with Gasteiger partial charge in [-0.2, -0.15) is 0 Å². The summed E-state index contributed by atoms with van der Waals surface area (Å²) in [6, 6.07) is 52.9. The van der Waals surface area contributed by atoms with Crippen LogP contribution >= 0.6 is 0 Å². The van der Waals surface area contributed by atoms with Gasteiger partial charge in [0.1, 0.15) is 0 Å². The molecule has 0 bridgehead atoms. The van der Waals surface area contributed by atoms with Crippen molar-refractivity contribution in [3.63, 3.8) is 0 Å². The van der Waals surface area contributed by atoms with Crippen LogP contribution in [0, 0.1) is 18.2 Å². The zero-order valence-electron chi connectivity index (χ0n) is 35.5. The summed E-state index contributed by atoms with van der Waals surface area (Å²) in [6.45, 7) is 9.11. The minimum absolute atomic E-state index is 0. The monoisotopic (exact) mass is 925 g/mol. The predicted molar refractivity (Wildman–Crippen MR) is 231 cm³/mol. The molecule has 0 atom stereocenters. The molecule has 4 heteroatoms. The van der Waals surface area contributed by atoms with E-state index < -0.39 is 6.37 Å². The first-order chi connectivity index (χ1) is 28.2. The summed E-state index contributed by atoms with van der Waals surface area (Å²) in [4.78, 5) is 14.5. The molecule has 4 aromatic carbocycles. The van der Waals surface area contributed by atoms with Crippen LogP contribution < -0.4 is 0 Å². The van der Waals surface area contributed by atoms with Crippen LogP contribution in [0.3, 0.4) is 0 Å². The Hall–Kier alpha value is -5.02. The van der Waals surface area contributed by atoms with Gasteiger partial charge in [0.15, 0.2) is 0 Å². The van der Waals surface area contributed by atoms with Crippen LogP contribution in [-0.4, -0.2) is 15.0 Å². The second-order valence-corrected chi connectivity index (χ2v) is 15.0. The number of aryl methyl sites for hydroxylation is 2. The molecule has 3 heterocycles. The van der Waals surface area contributed by atoms with Crippen molar-refractivity contribution in [2.75, 3.05) is 0 Å². The molecule has 0 saturated heterocycles. The van der Waals surface area contributed by atoms with Crippen molar-refractivity contribution in [3.05, 3.63) is 198 Å². The minimum atomic E-state index is -1.64. The van der Waals surface area contributed by atoms with Crippen molar-refractivity contribution >= 4 is 0 Å². The Balaban J connectivity index is 0.00000585. The Morgan fingerprint density at radius 1 is 0.474 bits per heavy atom. The average Bonchev–Trinajstić information content (AvgIpc) is 3.28. The van der Waals surface area contributed by atoms with Crippen molar-refractivity contribution in [3.8, 4) is 33.8 Å². The van der Waals surface area contributed by atoms with Crippen molar-refractivity contribution < 1.29 is 22.8 Å². The van der Waals surface area contributed by atoms with Gasteiger partial charge in [-0.3, -0.25) is 0 Å². The fourth-order valence-electron chi connectivity index (χ4n) is 8.20. The van der Waals surface area contributed by atoms with Crippen LogP contribution in [-0.2, 0) is 56.6 Å². The summed E-state index contributed by atoms with van der Waals surface area (Å²) in [7, 11) is 0. The molecule has 0 aliphatic carbocycles. The molecule has 0 amide bonds. The van der Waals surface area contributed by atoms with E-state index in [9.17, 15) is 2.74 Å². The van der Waals surface area contributed by atoms with Crippen molar-refractivity contribution in [2.24, 2.45) is 0 Å². The van der Waals surface area contributed by atoms with E-state index in [1.54, 1.807) is 6.20 Å². The topological polar surface area (TPSA) is 38.7 Å². The molecule has 7 aromatic rings. The molecule has 0 N–H and O–H groups in total. The normalized spacial score (nSPS) is 12.4. The molecule has 0 aliphatic heterocycles. The van der Waals surface area contributed by atoms with Gasteiger partial charge in [-0.15, -0.1) is 108 Å². The van der Waals surface area contributed by atoms with E-state index in [0.29, 0.717) is 5.56 Å². The van der Waals surface area contributed by atoms with Crippen molar-refractivity contribution in [1.82, 2.24) is 15.0 Å². The van der Waals surface area contributed by atoms with Gasteiger partial charge < -0.3 is 15.0 Å². The Labute approximate surface area is 357 Å². The molecule has 3 aromatic heterocycles. The van der Waals surface area contributed by atoms with E-state index in [0.717, 1.165) is 77.9 Å². The van der Waals surface area contributed by atoms with Crippen LogP contribution in [0.15, 0.2) is 146 Å². The van der Waals surface area contributed by atoms with E-state index in [2.05, 4.69) is 106 Å². The van der Waals surface area contributed by atoms with Crippen LogP contribution in [0.25, 0.3) is 33.8 Å². The van der Waals surface area contributed by atoms with Gasteiger partial charge in [-0.25, -0.2) is 0 Å². The molecular weight excluding hydrogens is 871 g/mol. The Bertz CT molecular complexity index is 2240. The quantitative estimate of drug-likeness (QED) is 0.0907. The van der Waals surface area contributed by atoms with E-state index in [4.69, 9.17) is 9.97 Å². The summed E-state index contributed by atoms with van der Waals surface area (Å²) in [5, 5.41) is 0. The molecule has 0 aliphatic rings. The summed E-state index contributed by atoms with van der Waals surface area (Å²) < 4.78 is 18.7. The molecule has 0 saturated carbocycles. The molecule has 0 spiro atoms. The second kappa shape index (κ2) is 19.4. The Morgan fingerprint density at radius 2 is 0.877 bits per heavy atom. The maximum absolute atomic E-state index is 9.37. The number of aromatic nitrogens is 3. The molecule has 57 heavy (non-hydrogen) atoms. The number of hydrogen-bond acceptors (Lipinski definition) is 3. The summed E-state index contributed by atoms with van der Waals surface area (Å²) in [6.07, 6.45) is 9.83. The molecule has 7 rings (SSSR count). The molecule has 0 unspecified atom stereocenters. The van der Waals surface area contributed by atoms with Crippen LogP contribution in [0.5, 0.6) is 0 Å². The van der Waals surface area contributed by atoms with Crippen molar-refractivity contribution in [2.45, 2.75) is 89.8 Å². The van der Waals surface area contributed by atoms with Gasteiger partial charge in [-0.05, 0) is 102 Å². The van der Waals surface area contributed by atoms with Gasteiger partial charge >= 0.3 is 20.1 Å². The third-order valence-corrected chi connectivity index (χ3v) is 11.9. The predicted octanol–water partition coefficient (Wildman–Crippen LogP) is 12.7. The van der Waals surface area contributed by atoms with E-state index in [1.807, 2.05) is 84.9 Å². The first kappa shape index (κ1) is 38.8. The second-order valence-electron chi connectivity index (χ2n) is 15.0. The fraction of sp³-hybridized carbons (Fsp3) is 0.264. The summed E-state index contributed by atoms with van der Waals surface area (Å²) >= 11 is 0. The van der Waals surface area contributed by atoms with Crippen molar-refractivity contribution in [1.29, 1.82) is 0 Å². The maximum atomic E-state index is 9.37. The molecule has 288 valence electrons. The van der Waals surface area contributed by atoms with Gasteiger partial charge in [0.05, 0.1) is 0 Å². The summed E-state index contributed by atoms with van der Waals surface area (Å²) in [5.41, 5.74) is 11.6. The SMILES string of the molecule is [2H]C([2H])(Cc1cc(CC(CC)(CC)c2ccc(-c3[c-]cccc3)nc2)cc(CC(CC)(CC)c2ccc(-c3[c-]cccc3)nc2)c1)c1ccc(-c2[c-]cccc2)nc1.[Ir+3]. The molecule has 0 radical (unpaired) electrons. The summed E-state index contributed by atoms with van der Waals surface area (Å²) in [5.74, 6) is 0. The van der Waals surface area contributed by atoms with Crippen LogP contribution in [0.4, 0.5) is 0 Å². The van der Waals surface area contributed by atoms with Gasteiger partial charge in [0, 0.05) is 32.2 Å². The fourth-order valence-corrected chi connectivity index (χ4v) is 8.20. The van der Waals surface area contributed by atoms with E-state index in [1.165, 1.54) is 22.3 Å². The first-order valence-electron chi connectivity index (χ1n) is 21.1. The number of rotatable bonds is 16. The number of pyridine rings is 3. The van der Waals surface area contributed by atoms with Crippen LogP contribution in [0.2, 0.25) is 0 Å². The Kier molecular flexibility index (Phi) is 13.2. The maximum Gasteiger partial charge on any atom is 3.00 e. The molecule has 3 nitrogen and oxygen atoms in total. The minimum Gasteiger partial charge on any atom is -0.304 e. The van der Waals surface area contributed by atoms with Crippen LogP contribution in [0.1, 0.15) is 89.5 Å². The van der Waals surface area contributed by atoms with Gasteiger partial charge in [0.2, 0.25) is 0 Å². The zero-order chi connectivity index (χ0) is 40.6. The third kappa shape index (κ3) is 9.75. The van der Waals surface area contributed by atoms with E-state index >= 15 is 0 Å². The smallest absolute Gasteiger partial charge is 0.304 e. The van der Waals surface area contributed by atoms with Gasteiger partial charge in [-0.1, -0.05) is 82.3 Å². The molecule has 0 fully saturated rings. The largest absolute Gasteiger partial charge is 3.00 e.